The predicted octanol–water partition coefficient (Wildman–Crippen LogP) is 0.756. The molecule has 1 atom stereocenters. The normalized spacial score (nSPS) is 22.8. The average molecular weight is 243 g/mol. The minimum absolute atomic E-state index is 0.140. The van der Waals surface area contributed by atoms with Crippen molar-refractivity contribution in [1.29, 1.82) is 0 Å². The van der Waals surface area contributed by atoms with Crippen LogP contribution in [-0.2, 0) is 10.4 Å². The fourth-order valence-electron chi connectivity index (χ4n) is 1.66. The predicted molar refractivity (Wildman–Crippen MR) is 55.8 cm³/mol. The molecule has 0 aromatic heterocycles. The molecule has 16 heavy (non-hydrogen) atoms. The number of carbonyl (C=O) groups excluding carboxylic acids is 1. The first-order valence-corrected chi connectivity index (χ1v) is 4.77. The molecule has 0 bridgehead atoms. The summed E-state index contributed by atoms with van der Waals surface area (Å²) in [4.78, 5) is 21.2. The van der Waals surface area contributed by atoms with Gasteiger partial charge in [0.15, 0.2) is 0 Å². The monoisotopic (exact) mass is 242 g/mol. The molecular formula is C9H7ClN2O4. The smallest absolute Gasteiger partial charge is 0.268 e. The number of nitrogens with zero attached hydrogens (tertiary/aromatic N) is 1. The summed E-state index contributed by atoms with van der Waals surface area (Å²) in [6.45, 7) is -0.883. The highest BCUT2D eigenvalue weighted by atomic mass is 35.5. The van der Waals surface area contributed by atoms with Crippen LogP contribution in [0.5, 0.6) is 0 Å². The van der Waals surface area contributed by atoms with Crippen molar-refractivity contribution in [2.45, 2.75) is 5.60 Å². The standard InChI is InChI=1S/C9H7ClN2O4/c10-5-1-2-7-6(3-5)9(14,4-12(15)16)8(13)11-7/h1-3,14H,4H2,(H,11,13). The third kappa shape index (κ3) is 1.52. The SMILES string of the molecule is O=C1Nc2ccc(Cl)cc2C1(O)C[N+](=O)[O-]. The summed E-state index contributed by atoms with van der Waals surface area (Å²) >= 11 is 5.71. The van der Waals surface area contributed by atoms with Crippen molar-refractivity contribution in [3.8, 4) is 0 Å². The van der Waals surface area contributed by atoms with Crippen molar-refractivity contribution in [2.24, 2.45) is 0 Å². The van der Waals surface area contributed by atoms with E-state index in [1.807, 2.05) is 0 Å². The van der Waals surface area contributed by atoms with E-state index in [9.17, 15) is 20.0 Å². The zero-order valence-electron chi connectivity index (χ0n) is 7.94. The summed E-state index contributed by atoms with van der Waals surface area (Å²) < 4.78 is 0. The Morgan fingerprint density at radius 2 is 2.25 bits per heavy atom. The molecule has 1 heterocycles. The van der Waals surface area contributed by atoms with Crippen LogP contribution in [0.25, 0.3) is 0 Å². The van der Waals surface area contributed by atoms with E-state index in [2.05, 4.69) is 5.32 Å². The van der Waals surface area contributed by atoms with Gasteiger partial charge in [0.2, 0.25) is 12.1 Å². The van der Waals surface area contributed by atoms with Gasteiger partial charge in [-0.15, -0.1) is 0 Å². The van der Waals surface area contributed by atoms with Crippen LogP contribution in [0.15, 0.2) is 18.2 Å². The molecule has 6 nitrogen and oxygen atoms in total. The summed E-state index contributed by atoms with van der Waals surface area (Å²) in [6.07, 6.45) is 0. The molecule has 7 heteroatoms. The maximum Gasteiger partial charge on any atom is 0.268 e. The summed E-state index contributed by atoms with van der Waals surface area (Å²) in [5, 5.41) is 23.1. The maximum atomic E-state index is 11.5. The molecule has 0 spiro atoms. The Morgan fingerprint density at radius 1 is 1.56 bits per heavy atom. The number of hydrogen-bond acceptors (Lipinski definition) is 4. The van der Waals surface area contributed by atoms with E-state index in [-0.39, 0.29) is 5.56 Å². The Hall–Kier alpha value is -1.66. The van der Waals surface area contributed by atoms with Gasteiger partial charge in [-0.2, -0.15) is 0 Å². The minimum atomic E-state index is -2.14. The summed E-state index contributed by atoms with van der Waals surface area (Å²) in [6, 6.07) is 4.37. The number of carbonyl (C=O) groups is 1. The molecule has 1 aliphatic rings. The summed E-state index contributed by atoms with van der Waals surface area (Å²) in [5.41, 5.74) is -1.65. The first-order valence-electron chi connectivity index (χ1n) is 4.39. The number of nitrogens with one attached hydrogen (secondary N) is 1. The minimum Gasteiger partial charge on any atom is -0.370 e. The first kappa shape index (κ1) is 10.8. The molecule has 2 rings (SSSR count). The van der Waals surface area contributed by atoms with Crippen LogP contribution in [0.4, 0.5) is 5.69 Å². The number of rotatable bonds is 2. The number of anilines is 1. The number of halogens is 1. The van der Waals surface area contributed by atoms with E-state index in [1.165, 1.54) is 18.2 Å². The lowest BCUT2D eigenvalue weighted by Gasteiger charge is -2.15. The number of benzene rings is 1. The van der Waals surface area contributed by atoms with E-state index in [4.69, 9.17) is 11.6 Å². The van der Waals surface area contributed by atoms with Crippen molar-refractivity contribution in [3.05, 3.63) is 38.9 Å². The summed E-state index contributed by atoms with van der Waals surface area (Å²) in [7, 11) is 0. The second-order valence-corrected chi connectivity index (χ2v) is 3.93. The molecule has 0 saturated carbocycles. The highest BCUT2D eigenvalue weighted by Crippen LogP contribution is 2.37. The van der Waals surface area contributed by atoms with Gasteiger partial charge in [-0.05, 0) is 18.2 Å². The lowest BCUT2D eigenvalue weighted by Crippen LogP contribution is -2.40. The Bertz CT molecular complexity index is 490. The van der Waals surface area contributed by atoms with Crippen LogP contribution in [0.2, 0.25) is 5.02 Å². The zero-order chi connectivity index (χ0) is 11.9. The van der Waals surface area contributed by atoms with Crippen LogP contribution < -0.4 is 5.32 Å². The number of nitro groups is 1. The van der Waals surface area contributed by atoms with Gasteiger partial charge in [-0.25, -0.2) is 0 Å². The molecule has 1 aromatic carbocycles. The highest BCUT2D eigenvalue weighted by molar-refractivity contribution is 6.31. The molecule has 2 N–H and O–H groups in total. The van der Waals surface area contributed by atoms with Crippen LogP contribution in [-0.4, -0.2) is 22.5 Å². The van der Waals surface area contributed by atoms with Crippen molar-refractivity contribution in [1.82, 2.24) is 0 Å². The first-order chi connectivity index (χ1) is 7.43. The third-order valence-electron chi connectivity index (χ3n) is 2.41. The van der Waals surface area contributed by atoms with Crippen LogP contribution in [0.1, 0.15) is 5.56 Å². The fraction of sp³-hybridized carbons (Fsp3) is 0.222. The number of fused-ring (bicyclic) bond motifs is 1. The van der Waals surface area contributed by atoms with Gasteiger partial charge in [-0.3, -0.25) is 14.9 Å². The average Bonchev–Trinajstić information content (AvgIpc) is 2.40. The van der Waals surface area contributed by atoms with E-state index in [0.717, 1.165) is 0 Å². The lowest BCUT2D eigenvalue weighted by molar-refractivity contribution is -0.498. The molecule has 1 amide bonds. The van der Waals surface area contributed by atoms with E-state index >= 15 is 0 Å². The number of aliphatic hydroxyl groups is 1. The van der Waals surface area contributed by atoms with Gasteiger partial charge in [0, 0.05) is 21.2 Å². The second kappa shape index (κ2) is 3.43. The van der Waals surface area contributed by atoms with Crippen molar-refractivity contribution >= 4 is 23.2 Å². The molecule has 1 unspecified atom stereocenters. The van der Waals surface area contributed by atoms with Gasteiger partial charge in [0.25, 0.3) is 5.91 Å². The molecular weight excluding hydrogens is 236 g/mol. The fourth-order valence-corrected chi connectivity index (χ4v) is 1.83. The molecule has 0 saturated heterocycles. The maximum absolute atomic E-state index is 11.5. The molecule has 84 valence electrons. The van der Waals surface area contributed by atoms with E-state index in [0.29, 0.717) is 10.7 Å². The van der Waals surface area contributed by atoms with E-state index in [1.54, 1.807) is 0 Å². The Morgan fingerprint density at radius 3 is 2.88 bits per heavy atom. The largest absolute Gasteiger partial charge is 0.370 e. The summed E-state index contributed by atoms with van der Waals surface area (Å²) in [5.74, 6) is -0.804. The topological polar surface area (TPSA) is 92.5 Å². The molecule has 1 aromatic rings. The second-order valence-electron chi connectivity index (χ2n) is 3.50. The van der Waals surface area contributed by atoms with Crippen LogP contribution in [0.3, 0.4) is 0 Å². The number of amides is 1. The number of hydrogen-bond donors (Lipinski definition) is 2. The Labute approximate surface area is 95.0 Å². The zero-order valence-corrected chi connectivity index (χ0v) is 8.69. The van der Waals surface area contributed by atoms with Gasteiger partial charge in [-0.1, -0.05) is 11.6 Å². The van der Waals surface area contributed by atoms with Gasteiger partial charge >= 0.3 is 0 Å². The third-order valence-corrected chi connectivity index (χ3v) is 2.64. The quantitative estimate of drug-likeness (QED) is 0.591. The van der Waals surface area contributed by atoms with Crippen molar-refractivity contribution in [3.63, 3.8) is 0 Å². The van der Waals surface area contributed by atoms with Gasteiger partial charge < -0.3 is 10.4 Å². The molecule has 1 aliphatic heterocycles. The Balaban J connectivity index is 2.53. The lowest BCUT2D eigenvalue weighted by atomic mass is 9.96. The Kier molecular flexibility index (Phi) is 2.32. The molecule has 0 fully saturated rings. The van der Waals surface area contributed by atoms with E-state index < -0.39 is 23.0 Å². The molecule has 0 aliphatic carbocycles. The van der Waals surface area contributed by atoms with Gasteiger partial charge in [0.05, 0.1) is 0 Å². The van der Waals surface area contributed by atoms with Crippen LogP contribution in [0, 0.1) is 10.1 Å². The van der Waals surface area contributed by atoms with Crippen LogP contribution >= 0.6 is 11.6 Å². The molecule has 0 radical (unpaired) electrons. The highest BCUT2D eigenvalue weighted by Gasteiger charge is 2.49. The van der Waals surface area contributed by atoms with Gasteiger partial charge in [0.1, 0.15) is 0 Å². The van der Waals surface area contributed by atoms with Crippen molar-refractivity contribution < 1.29 is 14.8 Å². The van der Waals surface area contributed by atoms with Crippen molar-refractivity contribution in [2.75, 3.05) is 11.9 Å².